The maximum atomic E-state index is 12.2. The van der Waals surface area contributed by atoms with Crippen LogP contribution in [0.15, 0.2) is 70.9 Å². The van der Waals surface area contributed by atoms with Crippen molar-refractivity contribution < 1.29 is 9.21 Å². The van der Waals surface area contributed by atoms with E-state index in [9.17, 15) is 4.79 Å². The maximum absolute atomic E-state index is 12.2. The SMILES string of the molecule is CC1C=CC(C(=O)Nc2ccc3oc(-c4cccnc4)nc3c2)=C1. The van der Waals surface area contributed by atoms with Gasteiger partial charge in [-0.2, -0.15) is 0 Å². The fourth-order valence-electron chi connectivity index (χ4n) is 2.62. The first kappa shape index (κ1) is 14.4. The number of nitrogens with zero attached hydrogens (tertiary/aromatic N) is 2. The van der Waals surface area contributed by atoms with E-state index in [1.54, 1.807) is 30.6 Å². The minimum atomic E-state index is -0.120. The number of benzene rings is 1. The Morgan fingerprint density at radius 1 is 1.29 bits per heavy atom. The number of pyridine rings is 1. The van der Waals surface area contributed by atoms with Crippen LogP contribution in [0.2, 0.25) is 0 Å². The lowest BCUT2D eigenvalue weighted by atomic mass is 10.2. The molecule has 1 aliphatic carbocycles. The van der Waals surface area contributed by atoms with Crippen LogP contribution in [0.3, 0.4) is 0 Å². The molecule has 5 nitrogen and oxygen atoms in total. The highest BCUT2D eigenvalue weighted by molar-refractivity contribution is 6.06. The molecule has 0 bridgehead atoms. The van der Waals surface area contributed by atoms with Crippen molar-refractivity contribution in [2.75, 3.05) is 5.32 Å². The number of hydrogen-bond donors (Lipinski definition) is 1. The molecule has 0 saturated carbocycles. The molecule has 24 heavy (non-hydrogen) atoms. The van der Waals surface area contributed by atoms with Gasteiger partial charge in [-0.05, 0) is 36.2 Å². The molecule has 0 fully saturated rings. The standard InChI is InChI=1S/C19H15N3O2/c1-12-4-5-13(9-12)18(23)21-15-6-7-17-16(10-15)22-19(24-17)14-3-2-8-20-11-14/h2-12H,1H3,(H,21,23). The zero-order chi connectivity index (χ0) is 16.5. The lowest BCUT2D eigenvalue weighted by Gasteiger charge is -2.04. The van der Waals surface area contributed by atoms with Gasteiger partial charge in [-0.15, -0.1) is 0 Å². The second-order valence-electron chi connectivity index (χ2n) is 5.74. The lowest BCUT2D eigenvalue weighted by molar-refractivity contribution is -0.112. The third-order valence-electron chi connectivity index (χ3n) is 3.84. The number of aromatic nitrogens is 2. The van der Waals surface area contributed by atoms with Gasteiger partial charge in [0.25, 0.3) is 5.91 Å². The third kappa shape index (κ3) is 2.72. The lowest BCUT2D eigenvalue weighted by Crippen LogP contribution is -2.12. The van der Waals surface area contributed by atoms with Gasteiger partial charge in [0, 0.05) is 23.7 Å². The van der Waals surface area contributed by atoms with E-state index in [-0.39, 0.29) is 5.91 Å². The van der Waals surface area contributed by atoms with Gasteiger partial charge in [-0.1, -0.05) is 25.2 Å². The zero-order valence-electron chi connectivity index (χ0n) is 13.1. The minimum Gasteiger partial charge on any atom is -0.436 e. The van der Waals surface area contributed by atoms with Crippen LogP contribution in [0.1, 0.15) is 6.92 Å². The van der Waals surface area contributed by atoms with Crippen LogP contribution in [0.5, 0.6) is 0 Å². The van der Waals surface area contributed by atoms with Crippen molar-refractivity contribution in [3.05, 3.63) is 66.5 Å². The summed E-state index contributed by atoms with van der Waals surface area (Å²) in [5, 5.41) is 2.89. The number of carbonyl (C=O) groups excluding carboxylic acids is 1. The van der Waals surface area contributed by atoms with Gasteiger partial charge in [-0.25, -0.2) is 4.98 Å². The number of nitrogens with one attached hydrogen (secondary N) is 1. The number of amides is 1. The quantitative estimate of drug-likeness (QED) is 0.794. The second-order valence-corrected chi connectivity index (χ2v) is 5.74. The molecule has 2 heterocycles. The van der Waals surface area contributed by atoms with Gasteiger partial charge in [0.15, 0.2) is 5.58 Å². The molecule has 0 radical (unpaired) electrons. The Morgan fingerprint density at radius 2 is 2.21 bits per heavy atom. The van der Waals surface area contributed by atoms with Crippen LogP contribution in [-0.4, -0.2) is 15.9 Å². The normalized spacial score (nSPS) is 16.4. The van der Waals surface area contributed by atoms with E-state index in [2.05, 4.69) is 15.3 Å². The first-order valence-electron chi connectivity index (χ1n) is 7.71. The van der Waals surface area contributed by atoms with Crippen LogP contribution in [0.25, 0.3) is 22.6 Å². The molecule has 1 N–H and O–H groups in total. The molecule has 1 aromatic carbocycles. The molecule has 0 saturated heterocycles. The highest BCUT2D eigenvalue weighted by atomic mass is 16.3. The van der Waals surface area contributed by atoms with Gasteiger partial charge in [0.1, 0.15) is 5.52 Å². The highest BCUT2D eigenvalue weighted by Gasteiger charge is 2.14. The van der Waals surface area contributed by atoms with Crippen molar-refractivity contribution >= 4 is 22.7 Å². The predicted molar refractivity (Wildman–Crippen MR) is 92.3 cm³/mol. The molecule has 118 valence electrons. The van der Waals surface area contributed by atoms with Crippen LogP contribution in [0, 0.1) is 5.92 Å². The summed E-state index contributed by atoms with van der Waals surface area (Å²) in [4.78, 5) is 20.8. The van der Waals surface area contributed by atoms with Gasteiger partial charge in [-0.3, -0.25) is 9.78 Å². The summed E-state index contributed by atoms with van der Waals surface area (Å²) in [5.41, 5.74) is 3.54. The number of oxazole rings is 1. The van der Waals surface area contributed by atoms with Gasteiger partial charge >= 0.3 is 0 Å². The number of rotatable bonds is 3. The summed E-state index contributed by atoms with van der Waals surface area (Å²) in [6.45, 7) is 2.04. The summed E-state index contributed by atoms with van der Waals surface area (Å²) in [6.07, 6.45) is 9.18. The van der Waals surface area contributed by atoms with Crippen LogP contribution in [-0.2, 0) is 4.79 Å². The van der Waals surface area contributed by atoms with Gasteiger partial charge < -0.3 is 9.73 Å². The number of anilines is 1. The van der Waals surface area contributed by atoms with E-state index in [1.807, 2.05) is 37.3 Å². The van der Waals surface area contributed by atoms with Crippen molar-refractivity contribution in [3.63, 3.8) is 0 Å². The van der Waals surface area contributed by atoms with Crippen LogP contribution in [0.4, 0.5) is 5.69 Å². The van der Waals surface area contributed by atoms with Crippen molar-refractivity contribution in [3.8, 4) is 11.5 Å². The summed E-state index contributed by atoms with van der Waals surface area (Å²) in [7, 11) is 0. The topological polar surface area (TPSA) is 68.0 Å². The summed E-state index contributed by atoms with van der Waals surface area (Å²) in [6, 6.07) is 9.14. The molecule has 4 rings (SSSR count). The van der Waals surface area contributed by atoms with E-state index in [1.165, 1.54) is 0 Å². The molecule has 2 aromatic heterocycles. The fourth-order valence-corrected chi connectivity index (χ4v) is 2.62. The molecule has 1 atom stereocenters. The predicted octanol–water partition coefficient (Wildman–Crippen LogP) is 3.96. The van der Waals surface area contributed by atoms with E-state index in [0.29, 0.717) is 34.2 Å². The number of carbonyl (C=O) groups is 1. The first-order valence-corrected chi connectivity index (χ1v) is 7.71. The minimum absolute atomic E-state index is 0.120. The van der Waals surface area contributed by atoms with Crippen molar-refractivity contribution in [1.82, 2.24) is 9.97 Å². The zero-order valence-corrected chi connectivity index (χ0v) is 13.1. The summed E-state index contributed by atoms with van der Waals surface area (Å²) < 4.78 is 5.74. The third-order valence-corrected chi connectivity index (χ3v) is 3.84. The van der Waals surface area contributed by atoms with Crippen LogP contribution >= 0.6 is 0 Å². The highest BCUT2D eigenvalue weighted by Crippen LogP contribution is 2.26. The smallest absolute Gasteiger partial charge is 0.255 e. The summed E-state index contributed by atoms with van der Waals surface area (Å²) >= 11 is 0. The van der Waals surface area contributed by atoms with E-state index in [4.69, 9.17) is 4.42 Å². The van der Waals surface area contributed by atoms with E-state index < -0.39 is 0 Å². The van der Waals surface area contributed by atoms with E-state index >= 15 is 0 Å². The molecular formula is C19H15N3O2. The second kappa shape index (κ2) is 5.77. The van der Waals surface area contributed by atoms with Gasteiger partial charge in [0.2, 0.25) is 5.89 Å². The Bertz CT molecular complexity index is 971. The van der Waals surface area contributed by atoms with Crippen molar-refractivity contribution in [1.29, 1.82) is 0 Å². The molecule has 0 aliphatic heterocycles. The Morgan fingerprint density at radius 3 is 2.96 bits per heavy atom. The Kier molecular flexibility index (Phi) is 3.46. The van der Waals surface area contributed by atoms with E-state index in [0.717, 1.165) is 5.56 Å². The number of hydrogen-bond acceptors (Lipinski definition) is 4. The number of fused-ring (bicyclic) bond motifs is 1. The molecule has 1 amide bonds. The average molecular weight is 317 g/mol. The first-order chi connectivity index (χ1) is 11.7. The van der Waals surface area contributed by atoms with Crippen molar-refractivity contribution in [2.45, 2.75) is 6.92 Å². The Balaban J connectivity index is 1.61. The molecule has 1 aliphatic rings. The molecule has 1 unspecified atom stereocenters. The molecule has 5 heteroatoms. The summed E-state index contributed by atoms with van der Waals surface area (Å²) in [5.74, 6) is 0.688. The molecule has 3 aromatic rings. The largest absolute Gasteiger partial charge is 0.436 e. The molecule has 0 spiro atoms. The fraction of sp³-hybridized carbons (Fsp3) is 0.105. The van der Waals surface area contributed by atoms with Crippen molar-refractivity contribution in [2.24, 2.45) is 5.92 Å². The Hall–Kier alpha value is -3.21. The Labute approximate surface area is 138 Å². The van der Waals surface area contributed by atoms with Gasteiger partial charge in [0.05, 0.1) is 5.56 Å². The number of allylic oxidation sites excluding steroid dienone is 2. The monoisotopic (exact) mass is 317 g/mol. The average Bonchev–Trinajstić information content (AvgIpc) is 3.21. The maximum Gasteiger partial charge on any atom is 0.255 e. The van der Waals surface area contributed by atoms with Crippen LogP contribution < -0.4 is 5.32 Å². The molecular weight excluding hydrogens is 302 g/mol.